The van der Waals surface area contributed by atoms with Crippen LogP contribution in [0.1, 0.15) is 43.4 Å². The van der Waals surface area contributed by atoms with Gasteiger partial charge in [-0.25, -0.2) is 0 Å². The highest BCUT2D eigenvalue weighted by molar-refractivity contribution is 5.44. The molecule has 2 N–H and O–H groups in total. The normalized spacial score (nSPS) is 14.1. The quantitative estimate of drug-likeness (QED) is 0.768. The van der Waals surface area contributed by atoms with Gasteiger partial charge in [-0.05, 0) is 50.8 Å². The van der Waals surface area contributed by atoms with Crippen molar-refractivity contribution in [3.63, 3.8) is 0 Å². The van der Waals surface area contributed by atoms with Crippen LogP contribution in [0.3, 0.4) is 0 Å². The summed E-state index contributed by atoms with van der Waals surface area (Å²) < 4.78 is 5.81. The average Bonchev–Trinajstić information content (AvgIpc) is 2.41. The fourth-order valence-corrected chi connectivity index (χ4v) is 2.26. The van der Waals surface area contributed by atoms with Gasteiger partial charge in [0, 0.05) is 12.6 Å². The van der Waals surface area contributed by atoms with Crippen molar-refractivity contribution in [1.29, 1.82) is 0 Å². The van der Waals surface area contributed by atoms with Gasteiger partial charge in [0.15, 0.2) is 0 Å². The van der Waals surface area contributed by atoms with Crippen molar-refractivity contribution in [1.82, 2.24) is 5.32 Å². The molecule has 0 bridgehead atoms. The Balaban J connectivity index is 2.45. The molecule has 0 saturated carbocycles. The summed E-state index contributed by atoms with van der Waals surface area (Å²) >= 11 is 0. The number of aliphatic hydroxyl groups excluding tert-OH is 1. The van der Waals surface area contributed by atoms with Crippen LogP contribution in [0.25, 0.3) is 0 Å². The molecule has 0 radical (unpaired) electrons. The van der Waals surface area contributed by atoms with E-state index in [9.17, 15) is 5.11 Å². The van der Waals surface area contributed by atoms with E-state index in [1.54, 1.807) is 0 Å². The van der Waals surface area contributed by atoms with Crippen molar-refractivity contribution in [2.24, 2.45) is 0 Å². The lowest BCUT2D eigenvalue weighted by Gasteiger charge is -2.19. The molecule has 0 aliphatic rings. The number of aliphatic hydroxyl groups is 1. The standard InChI is InChI=1S/C17H29NO2/c1-6-7-14(4)18-10-16(19)11-20-17-13(3)9-8-12(2)15(17)5/h8-9,14,16,18-19H,6-7,10-11H2,1-5H3/t14-,16+/m0/s1. The van der Waals surface area contributed by atoms with Crippen molar-refractivity contribution in [3.05, 3.63) is 28.8 Å². The maximum absolute atomic E-state index is 9.99. The van der Waals surface area contributed by atoms with Crippen molar-refractivity contribution >= 4 is 0 Å². The van der Waals surface area contributed by atoms with E-state index in [1.807, 2.05) is 6.92 Å². The van der Waals surface area contributed by atoms with E-state index in [0.29, 0.717) is 19.2 Å². The second-order valence-electron chi connectivity index (χ2n) is 5.72. The number of hydrogen-bond acceptors (Lipinski definition) is 3. The molecule has 0 spiro atoms. The molecule has 1 aromatic rings. The summed E-state index contributed by atoms with van der Waals surface area (Å²) in [6.45, 7) is 11.4. The lowest BCUT2D eigenvalue weighted by molar-refractivity contribution is 0.103. The molecule has 0 heterocycles. The highest BCUT2D eigenvalue weighted by atomic mass is 16.5. The third-order valence-corrected chi connectivity index (χ3v) is 3.72. The first-order valence-corrected chi connectivity index (χ1v) is 7.56. The predicted molar refractivity (Wildman–Crippen MR) is 84.5 cm³/mol. The van der Waals surface area contributed by atoms with Gasteiger partial charge in [-0.3, -0.25) is 0 Å². The Labute approximate surface area is 123 Å². The maximum atomic E-state index is 9.99. The molecule has 0 amide bonds. The Bertz CT molecular complexity index is 418. The molecule has 114 valence electrons. The van der Waals surface area contributed by atoms with E-state index < -0.39 is 6.10 Å². The summed E-state index contributed by atoms with van der Waals surface area (Å²) in [6.07, 6.45) is 1.81. The Morgan fingerprint density at radius 3 is 2.50 bits per heavy atom. The summed E-state index contributed by atoms with van der Waals surface area (Å²) in [5.74, 6) is 0.908. The lowest BCUT2D eigenvalue weighted by Crippen LogP contribution is -2.36. The van der Waals surface area contributed by atoms with Crippen LogP contribution in [0.2, 0.25) is 0 Å². The lowest BCUT2D eigenvalue weighted by atomic mass is 10.1. The van der Waals surface area contributed by atoms with Crippen LogP contribution in [0.4, 0.5) is 0 Å². The average molecular weight is 279 g/mol. The zero-order valence-corrected chi connectivity index (χ0v) is 13.5. The van der Waals surface area contributed by atoms with E-state index in [4.69, 9.17) is 4.74 Å². The number of ether oxygens (including phenoxy) is 1. The van der Waals surface area contributed by atoms with Crippen molar-refractivity contribution < 1.29 is 9.84 Å². The Morgan fingerprint density at radius 1 is 1.20 bits per heavy atom. The van der Waals surface area contributed by atoms with Gasteiger partial charge in [-0.2, -0.15) is 0 Å². The zero-order valence-electron chi connectivity index (χ0n) is 13.5. The van der Waals surface area contributed by atoms with Gasteiger partial charge < -0.3 is 15.2 Å². The molecule has 20 heavy (non-hydrogen) atoms. The number of rotatable bonds is 8. The molecule has 2 atom stereocenters. The van der Waals surface area contributed by atoms with Gasteiger partial charge in [0.05, 0.1) is 0 Å². The molecule has 3 heteroatoms. The van der Waals surface area contributed by atoms with Crippen LogP contribution in [-0.2, 0) is 0 Å². The van der Waals surface area contributed by atoms with E-state index in [2.05, 4.69) is 45.1 Å². The van der Waals surface area contributed by atoms with E-state index in [0.717, 1.165) is 29.7 Å². The molecular weight excluding hydrogens is 250 g/mol. The van der Waals surface area contributed by atoms with Gasteiger partial charge in [0.25, 0.3) is 0 Å². The van der Waals surface area contributed by atoms with Crippen LogP contribution in [0, 0.1) is 20.8 Å². The summed E-state index contributed by atoms with van der Waals surface area (Å²) in [4.78, 5) is 0. The zero-order chi connectivity index (χ0) is 15.1. The second-order valence-corrected chi connectivity index (χ2v) is 5.72. The fourth-order valence-electron chi connectivity index (χ4n) is 2.26. The van der Waals surface area contributed by atoms with Crippen LogP contribution in [0.5, 0.6) is 5.75 Å². The van der Waals surface area contributed by atoms with E-state index in [-0.39, 0.29) is 0 Å². The first-order valence-electron chi connectivity index (χ1n) is 7.56. The van der Waals surface area contributed by atoms with Crippen molar-refractivity contribution in [2.45, 2.75) is 59.6 Å². The molecule has 0 aromatic heterocycles. The second kappa shape index (κ2) is 8.28. The van der Waals surface area contributed by atoms with Crippen molar-refractivity contribution in [3.8, 4) is 5.75 Å². The summed E-state index contributed by atoms with van der Waals surface area (Å²) in [7, 11) is 0. The molecule has 0 aliphatic heterocycles. The largest absolute Gasteiger partial charge is 0.490 e. The van der Waals surface area contributed by atoms with Crippen LogP contribution in [0.15, 0.2) is 12.1 Å². The minimum atomic E-state index is -0.478. The highest BCUT2D eigenvalue weighted by Gasteiger charge is 2.11. The summed E-state index contributed by atoms with van der Waals surface area (Å²) in [5, 5.41) is 13.3. The van der Waals surface area contributed by atoms with E-state index >= 15 is 0 Å². The number of hydrogen-bond donors (Lipinski definition) is 2. The molecule has 0 fully saturated rings. The van der Waals surface area contributed by atoms with Gasteiger partial charge in [0.2, 0.25) is 0 Å². The Morgan fingerprint density at radius 2 is 1.85 bits per heavy atom. The fraction of sp³-hybridized carbons (Fsp3) is 0.647. The van der Waals surface area contributed by atoms with Crippen molar-refractivity contribution in [2.75, 3.05) is 13.2 Å². The maximum Gasteiger partial charge on any atom is 0.125 e. The smallest absolute Gasteiger partial charge is 0.125 e. The molecule has 1 aromatic carbocycles. The Hall–Kier alpha value is -1.06. The third-order valence-electron chi connectivity index (χ3n) is 3.72. The number of aryl methyl sites for hydroxylation is 2. The first kappa shape index (κ1) is 17.0. The van der Waals surface area contributed by atoms with Crippen LogP contribution in [-0.4, -0.2) is 30.4 Å². The minimum Gasteiger partial charge on any atom is -0.490 e. The summed E-state index contributed by atoms with van der Waals surface area (Å²) in [6, 6.07) is 4.60. The van der Waals surface area contributed by atoms with Crippen LogP contribution >= 0.6 is 0 Å². The van der Waals surface area contributed by atoms with Gasteiger partial charge in [0.1, 0.15) is 18.5 Å². The minimum absolute atomic E-state index is 0.330. The van der Waals surface area contributed by atoms with E-state index in [1.165, 1.54) is 5.56 Å². The van der Waals surface area contributed by atoms with Crippen LogP contribution < -0.4 is 10.1 Å². The number of benzene rings is 1. The summed E-state index contributed by atoms with van der Waals surface area (Å²) in [5.41, 5.74) is 3.49. The third kappa shape index (κ3) is 5.14. The molecule has 0 unspecified atom stereocenters. The van der Waals surface area contributed by atoms with Gasteiger partial charge in [-0.15, -0.1) is 0 Å². The molecular formula is C17H29NO2. The van der Waals surface area contributed by atoms with Gasteiger partial charge in [-0.1, -0.05) is 25.5 Å². The predicted octanol–water partition coefficient (Wildman–Crippen LogP) is 3.13. The molecule has 1 rings (SSSR count). The number of nitrogens with one attached hydrogen (secondary N) is 1. The molecule has 0 aliphatic carbocycles. The molecule has 0 saturated heterocycles. The topological polar surface area (TPSA) is 41.5 Å². The monoisotopic (exact) mass is 279 g/mol. The SMILES string of the molecule is CCC[C@H](C)NC[C@@H](O)COc1c(C)ccc(C)c1C. The highest BCUT2D eigenvalue weighted by Crippen LogP contribution is 2.25. The van der Waals surface area contributed by atoms with Gasteiger partial charge >= 0.3 is 0 Å². The molecule has 3 nitrogen and oxygen atoms in total. The Kier molecular flexibility index (Phi) is 7.03. The first-order chi connectivity index (χ1) is 9.45.